The van der Waals surface area contributed by atoms with Crippen LogP contribution in [0, 0.1) is 5.92 Å². The van der Waals surface area contributed by atoms with Crippen LogP contribution >= 0.6 is 0 Å². The molecule has 110 valence electrons. The number of hydrogen-bond donors (Lipinski definition) is 3. The van der Waals surface area contributed by atoms with Crippen molar-refractivity contribution < 1.29 is 14.7 Å². The Bertz CT molecular complexity index is 312. The fourth-order valence-electron chi connectivity index (χ4n) is 2.53. The van der Waals surface area contributed by atoms with Crippen LogP contribution < -0.4 is 10.6 Å². The Labute approximate surface area is 114 Å². The molecule has 1 fully saturated rings. The molecular formula is C13H25N3O3. The average molecular weight is 271 g/mol. The van der Waals surface area contributed by atoms with Gasteiger partial charge in [-0.25, -0.2) is 4.79 Å². The molecule has 0 radical (unpaired) electrons. The van der Waals surface area contributed by atoms with Gasteiger partial charge < -0.3 is 20.6 Å². The second kappa shape index (κ2) is 7.33. The van der Waals surface area contributed by atoms with E-state index in [9.17, 15) is 9.59 Å². The first kappa shape index (κ1) is 15.8. The van der Waals surface area contributed by atoms with Gasteiger partial charge in [-0.3, -0.25) is 4.79 Å². The Kier molecular flexibility index (Phi) is 6.08. The predicted octanol–water partition coefficient (Wildman–Crippen LogP) is 0.879. The number of carboxylic acids is 1. The van der Waals surface area contributed by atoms with E-state index in [1.54, 1.807) is 0 Å². The van der Waals surface area contributed by atoms with Crippen molar-refractivity contribution in [3.05, 3.63) is 0 Å². The quantitative estimate of drug-likeness (QED) is 0.693. The molecular weight excluding hydrogens is 246 g/mol. The molecule has 0 heterocycles. The molecule has 3 N–H and O–H groups in total. The molecule has 0 spiro atoms. The first-order valence-corrected chi connectivity index (χ1v) is 6.83. The van der Waals surface area contributed by atoms with Crippen LogP contribution in [0.5, 0.6) is 0 Å². The molecule has 0 bridgehead atoms. The molecule has 1 aliphatic carbocycles. The highest BCUT2D eigenvalue weighted by atomic mass is 16.4. The van der Waals surface area contributed by atoms with Crippen LogP contribution in [-0.2, 0) is 4.79 Å². The van der Waals surface area contributed by atoms with Gasteiger partial charge in [0.15, 0.2) is 0 Å². The number of carbonyl (C=O) groups is 2. The molecule has 0 aromatic heterocycles. The van der Waals surface area contributed by atoms with Crippen LogP contribution in [0.15, 0.2) is 0 Å². The van der Waals surface area contributed by atoms with Crippen LogP contribution in [-0.4, -0.2) is 54.7 Å². The number of hydrogen-bond acceptors (Lipinski definition) is 3. The predicted molar refractivity (Wildman–Crippen MR) is 73.1 cm³/mol. The molecule has 2 amide bonds. The summed E-state index contributed by atoms with van der Waals surface area (Å²) in [5.74, 6) is -0.962. The minimum absolute atomic E-state index is 0.0883. The molecule has 1 aliphatic rings. The van der Waals surface area contributed by atoms with E-state index in [1.807, 2.05) is 25.9 Å². The maximum Gasteiger partial charge on any atom is 0.315 e. The Balaban J connectivity index is 2.25. The van der Waals surface area contributed by atoms with E-state index in [4.69, 9.17) is 5.11 Å². The van der Waals surface area contributed by atoms with Gasteiger partial charge in [0.1, 0.15) is 0 Å². The van der Waals surface area contributed by atoms with Crippen LogP contribution in [0.1, 0.15) is 32.6 Å². The third kappa shape index (κ3) is 5.92. The highest BCUT2D eigenvalue weighted by molar-refractivity contribution is 5.74. The van der Waals surface area contributed by atoms with E-state index in [0.717, 1.165) is 19.4 Å². The fourth-order valence-corrected chi connectivity index (χ4v) is 2.53. The zero-order valence-corrected chi connectivity index (χ0v) is 12.0. The van der Waals surface area contributed by atoms with Crippen molar-refractivity contribution in [3.8, 4) is 0 Å². The van der Waals surface area contributed by atoms with Crippen molar-refractivity contribution in [3.63, 3.8) is 0 Å². The maximum atomic E-state index is 11.8. The minimum Gasteiger partial charge on any atom is -0.481 e. The van der Waals surface area contributed by atoms with E-state index < -0.39 is 5.97 Å². The maximum absolute atomic E-state index is 11.8. The van der Waals surface area contributed by atoms with Crippen molar-refractivity contribution >= 4 is 12.0 Å². The zero-order valence-electron chi connectivity index (χ0n) is 12.0. The number of nitrogens with zero attached hydrogens (tertiary/aromatic N) is 1. The summed E-state index contributed by atoms with van der Waals surface area (Å²) in [7, 11) is 3.92. The fraction of sp³-hybridized carbons (Fsp3) is 0.846. The van der Waals surface area contributed by atoms with Gasteiger partial charge in [-0.15, -0.1) is 0 Å². The number of aliphatic carboxylic acids is 1. The Morgan fingerprint density at radius 3 is 2.32 bits per heavy atom. The van der Waals surface area contributed by atoms with Crippen molar-refractivity contribution in [2.45, 2.75) is 44.7 Å². The van der Waals surface area contributed by atoms with E-state index >= 15 is 0 Å². The smallest absolute Gasteiger partial charge is 0.315 e. The van der Waals surface area contributed by atoms with Crippen molar-refractivity contribution in [2.75, 3.05) is 20.6 Å². The summed E-state index contributed by atoms with van der Waals surface area (Å²) in [5.41, 5.74) is 0. The van der Waals surface area contributed by atoms with Crippen LogP contribution in [0.4, 0.5) is 4.79 Å². The third-order valence-electron chi connectivity index (χ3n) is 3.43. The molecule has 0 aromatic carbocycles. The number of likely N-dealkylation sites (N-methyl/N-ethyl adjacent to an activating group) is 1. The number of urea groups is 1. The normalized spacial score (nSPS) is 24.8. The monoisotopic (exact) mass is 271 g/mol. The SMILES string of the molecule is CC(CN(C)C)NC(=O)NC1CCC(C(=O)O)CC1. The number of carbonyl (C=O) groups excluding carboxylic acids is 1. The lowest BCUT2D eigenvalue weighted by molar-refractivity contribution is -0.142. The van der Waals surface area contributed by atoms with Gasteiger partial charge in [0, 0.05) is 18.6 Å². The number of carboxylic acid groups (broad SMARTS) is 1. The molecule has 1 atom stereocenters. The van der Waals surface area contributed by atoms with E-state index in [-0.39, 0.29) is 24.0 Å². The van der Waals surface area contributed by atoms with Crippen molar-refractivity contribution in [1.82, 2.24) is 15.5 Å². The largest absolute Gasteiger partial charge is 0.481 e. The summed E-state index contributed by atoms with van der Waals surface area (Å²) in [4.78, 5) is 24.6. The Morgan fingerprint density at radius 2 is 1.84 bits per heavy atom. The highest BCUT2D eigenvalue weighted by Gasteiger charge is 2.26. The molecule has 0 aliphatic heterocycles. The Hall–Kier alpha value is -1.30. The van der Waals surface area contributed by atoms with Gasteiger partial charge in [0.05, 0.1) is 5.92 Å². The summed E-state index contributed by atoms with van der Waals surface area (Å²) < 4.78 is 0. The van der Waals surface area contributed by atoms with Gasteiger partial charge >= 0.3 is 12.0 Å². The zero-order chi connectivity index (χ0) is 14.4. The van der Waals surface area contributed by atoms with Gasteiger partial charge in [-0.05, 0) is 46.7 Å². The van der Waals surface area contributed by atoms with Gasteiger partial charge in [-0.2, -0.15) is 0 Å². The molecule has 1 saturated carbocycles. The molecule has 6 heteroatoms. The van der Waals surface area contributed by atoms with E-state index in [1.165, 1.54) is 0 Å². The van der Waals surface area contributed by atoms with Crippen molar-refractivity contribution in [1.29, 1.82) is 0 Å². The summed E-state index contributed by atoms with van der Waals surface area (Å²) in [6.45, 7) is 2.75. The molecule has 19 heavy (non-hydrogen) atoms. The molecule has 1 rings (SSSR count). The number of amides is 2. The third-order valence-corrected chi connectivity index (χ3v) is 3.43. The van der Waals surface area contributed by atoms with Crippen LogP contribution in [0.2, 0.25) is 0 Å². The molecule has 0 saturated heterocycles. The van der Waals surface area contributed by atoms with Crippen molar-refractivity contribution in [2.24, 2.45) is 5.92 Å². The topological polar surface area (TPSA) is 81.7 Å². The first-order valence-electron chi connectivity index (χ1n) is 6.83. The number of nitrogens with one attached hydrogen (secondary N) is 2. The molecule has 0 aromatic rings. The summed E-state index contributed by atoms with van der Waals surface area (Å²) in [6.07, 6.45) is 2.78. The lowest BCUT2D eigenvalue weighted by atomic mass is 9.86. The lowest BCUT2D eigenvalue weighted by Crippen LogP contribution is -2.49. The molecule has 1 unspecified atom stereocenters. The van der Waals surface area contributed by atoms with Gasteiger partial charge in [0.2, 0.25) is 0 Å². The second-order valence-corrected chi connectivity index (χ2v) is 5.67. The van der Waals surface area contributed by atoms with Crippen LogP contribution in [0.3, 0.4) is 0 Å². The lowest BCUT2D eigenvalue weighted by Gasteiger charge is -2.27. The van der Waals surface area contributed by atoms with E-state index in [0.29, 0.717) is 12.8 Å². The van der Waals surface area contributed by atoms with E-state index in [2.05, 4.69) is 10.6 Å². The minimum atomic E-state index is -0.720. The van der Waals surface area contributed by atoms with Gasteiger partial charge in [0.25, 0.3) is 0 Å². The first-order chi connectivity index (χ1) is 8.88. The standard InChI is InChI=1S/C13H25N3O3/c1-9(8-16(2)3)14-13(19)15-11-6-4-10(5-7-11)12(17)18/h9-11H,4-8H2,1-3H3,(H,17,18)(H2,14,15,19). The summed E-state index contributed by atoms with van der Waals surface area (Å²) in [6, 6.07) is 0.0284. The average Bonchev–Trinajstić information content (AvgIpc) is 2.27. The summed E-state index contributed by atoms with van der Waals surface area (Å²) in [5, 5.41) is 14.7. The number of rotatable bonds is 5. The van der Waals surface area contributed by atoms with Crippen LogP contribution in [0.25, 0.3) is 0 Å². The Morgan fingerprint density at radius 1 is 1.26 bits per heavy atom. The summed E-state index contributed by atoms with van der Waals surface area (Å²) >= 11 is 0. The molecule has 6 nitrogen and oxygen atoms in total. The van der Waals surface area contributed by atoms with Gasteiger partial charge in [-0.1, -0.05) is 0 Å². The second-order valence-electron chi connectivity index (χ2n) is 5.67. The highest BCUT2D eigenvalue weighted by Crippen LogP contribution is 2.24.